The van der Waals surface area contributed by atoms with Gasteiger partial charge in [0.05, 0.1) is 17.3 Å². The minimum Gasteiger partial charge on any atom is -0.484 e. The van der Waals surface area contributed by atoms with Crippen molar-refractivity contribution in [3.63, 3.8) is 0 Å². The molecule has 0 aliphatic heterocycles. The van der Waals surface area contributed by atoms with Gasteiger partial charge in [-0.1, -0.05) is 68.4 Å². The summed E-state index contributed by atoms with van der Waals surface area (Å²) >= 11 is 0. The fourth-order valence-electron chi connectivity index (χ4n) is 3.17. The lowest BCUT2D eigenvalue weighted by atomic mass is 10.0. The summed E-state index contributed by atoms with van der Waals surface area (Å²) in [5, 5.41) is 5.76. The lowest BCUT2D eigenvalue weighted by molar-refractivity contribution is -0.118. The molecule has 0 aliphatic rings. The molecule has 0 aromatic heterocycles. The lowest BCUT2D eigenvalue weighted by Crippen LogP contribution is -2.28. The fourth-order valence-corrected chi connectivity index (χ4v) is 3.17. The number of rotatable bonds is 8. The summed E-state index contributed by atoms with van der Waals surface area (Å²) in [5.41, 5.74) is 3.07. The smallest absolute Gasteiger partial charge is 0.262 e. The van der Waals surface area contributed by atoms with E-state index >= 15 is 0 Å². The lowest BCUT2D eigenvalue weighted by Gasteiger charge is -2.16. The van der Waals surface area contributed by atoms with Gasteiger partial charge < -0.3 is 15.4 Å². The second-order valence-corrected chi connectivity index (χ2v) is 7.71. The number of anilines is 1. The van der Waals surface area contributed by atoms with Crippen molar-refractivity contribution in [2.45, 2.75) is 32.7 Å². The second kappa shape index (κ2) is 10.4. The molecule has 2 amide bonds. The maximum atomic E-state index is 12.8. The Morgan fingerprint density at radius 1 is 0.806 bits per heavy atom. The number of amides is 2. The minimum atomic E-state index is -0.329. The van der Waals surface area contributed by atoms with Gasteiger partial charge in [-0.15, -0.1) is 0 Å². The third-order valence-electron chi connectivity index (χ3n) is 5.01. The number of ether oxygens (including phenoxy) is 1. The van der Waals surface area contributed by atoms with E-state index in [1.165, 1.54) is 5.56 Å². The summed E-state index contributed by atoms with van der Waals surface area (Å²) in [6, 6.07) is 24.2. The van der Waals surface area contributed by atoms with Gasteiger partial charge in [0, 0.05) is 0 Å². The number of benzene rings is 3. The zero-order chi connectivity index (χ0) is 22.2. The predicted octanol–water partition coefficient (Wildman–Crippen LogP) is 5.32. The maximum absolute atomic E-state index is 12.8. The molecule has 0 saturated carbocycles. The van der Waals surface area contributed by atoms with Crippen molar-refractivity contribution < 1.29 is 14.3 Å². The highest BCUT2D eigenvalue weighted by Crippen LogP contribution is 2.20. The molecule has 5 heteroatoms. The molecule has 1 atom stereocenters. The first-order chi connectivity index (χ1) is 14.9. The topological polar surface area (TPSA) is 67.4 Å². The van der Waals surface area contributed by atoms with E-state index in [1.807, 2.05) is 61.5 Å². The van der Waals surface area contributed by atoms with Crippen LogP contribution in [0.15, 0.2) is 78.9 Å². The van der Waals surface area contributed by atoms with E-state index in [0.717, 1.165) is 5.56 Å². The zero-order valence-corrected chi connectivity index (χ0v) is 18.1. The summed E-state index contributed by atoms with van der Waals surface area (Å²) in [5.74, 6) is 0.480. The van der Waals surface area contributed by atoms with Crippen molar-refractivity contribution in [3.8, 4) is 5.75 Å². The van der Waals surface area contributed by atoms with E-state index in [0.29, 0.717) is 22.9 Å². The summed E-state index contributed by atoms with van der Waals surface area (Å²) < 4.78 is 5.58. The number of hydrogen-bond acceptors (Lipinski definition) is 3. The zero-order valence-electron chi connectivity index (χ0n) is 18.1. The molecule has 3 rings (SSSR count). The molecule has 0 unspecified atom stereocenters. The summed E-state index contributed by atoms with van der Waals surface area (Å²) in [4.78, 5) is 25.2. The van der Waals surface area contributed by atoms with Crippen LogP contribution in [0.3, 0.4) is 0 Å². The average Bonchev–Trinajstić information content (AvgIpc) is 2.79. The largest absolute Gasteiger partial charge is 0.484 e. The van der Waals surface area contributed by atoms with Crippen LogP contribution in [0.25, 0.3) is 0 Å². The molecular weight excluding hydrogens is 388 g/mol. The van der Waals surface area contributed by atoms with Crippen LogP contribution in [-0.2, 0) is 4.79 Å². The second-order valence-electron chi connectivity index (χ2n) is 7.71. The van der Waals surface area contributed by atoms with Gasteiger partial charge in [0.2, 0.25) is 0 Å². The molecular formula is C26H28N2O3. The first-order valence-corrected chi connectivity index (χ1v) is 10.4. The standard InChI is InChI=1S/C26H28N2O3/c1-18(2)20-13-15-22(16-14-20)31-17-25(29)28-24-12-8-7-11-23(24)26(30)27-19(3)21-9-5-4-6-10-21/h4-16,18-19H,17H2,1-3H3,(H,27,30)(H,28,29)/t19-/m1/s1. The van der Waals surface area contributed by atoms with Crippen molar-refractivity contribution >= 4 is 17.5 Å². The van der Waals surface area contributed by atoms with Gasteiger partial charge in [-0.25, -0.2) is 0 Å². The molecule has 160 valence electrons. The Labute approximate surface area is 183 Å². The van der Waals surface area contributed by atoms with Crippen LogP contribution in [0.5, 0.6) is 5.75 Å². The number of nitrogens with one attached hydrogen (secondary N) is 2. The Kier molecular flexibility index (Phi) is 7.44. The minimum absolute atomic E-state index is 0.141. The van der Waals surface area contributed by atoms with Crippen LogP contribution < -0.4 is 15.4 Å². The third kappa shape index (κ3) is 6.19. The van der Waals surface area contributed by atoms with Crippen LogP contribution in [-0.4, -0.2) is 18.4 Å². The fraction of sp³-hybridized carbons (Fsp3) is 0.231. The predicted molar refractivity (Wildman–Crippen MR) is 123 cm³/mol. The van der Waals surface area contributed by atoms with E-state index in [1.54, 1.807) is 24.3 Å². The highest BCUT2D eigenvalue weighted by Gasteiger charge is 2.16. The highest BCUT2D eigenvalue weighted by atomic mass is 16.5. The molecule has 0 heterocycles. The molecule has 0 fully saturated rings. The van der Waals surface area contributed by atoms with E-state index in [9.17, 15) is 9.59 Å². The quantitative estimate of drug-likeness (QED) is 0.522. The van der Waals surface area contributed by atoms with Gasteiger partial charge in [0.1, 0.15) is 5.75 Å². The van der Waals surface area contributed by atoms with E-state index in [2.05, 4.69) is 24.5 Å². The van der Waals surface area contributed by atoms with Crippen molar-refractivity contribution in [2.24, 2.45) is 0 Å². The number of hydrogen-bond donors (Lipinski definition) is 2. The van der Waals surface area contributed by atoms with E-state index in [-0.39, 0.29) is 24.5 Å². The Hall–Kier alpha value is -3.60. The Bertz CT molecular complexity index is 1010. The summed E-state index contributed by atoms with van der Waals surface area (Å²) in [6.45, 7) is 6.03. The molecule has 0 radical (unpaired) electrons. The van der Waals surface area contributed by atoms with E-state index in [4.69, 9.17) is 4.74 Å². The van der Waals surface area contributed by atoms with Gasteiger partial charge in [-0.2, -0.15) is 0 Å². The van der Waals surface area contributed by atoms with Gasteiger partial charge >= 0.3 is 0 Å². The molecule has 3 aromatic carbocycles. The molecule has 3 aromatic rings. The van der Waals surface area contributed by atoms with Crippen LogP contribution >= 0.6 is 0 Å². The SMILES string of the molecule is CC(C)c1ccc(OCC(=O)Nc2ccccc2C(=O)N[C@H](C)c2ccccc2)cc1. The number of carbonyl (C=O) groups excluding carboxylic acids is 2. The summed E-state index contributed by atoms with van der Waals surface area (Å²) in [6.07, 6.45) is 0. The Balaban J connectivity index is 1.60. The van der Waals surface area contributed by atoms with Crippen molar-refractivity contribution in [1.29, 1.82) is 0 Å². The Morgan fingerprint density at radius 3 is 2.13 bits per heavy atom. The van der Waals surface area contributed by atoms with Crippen LogP contribution in [0.2, 0.25) is 0 Å². The third-order valence-corrected chi connectivity index (χ3v) is 5.01. The van der Waals surface area contributed by atoms with E-state index < -0.39 is 0 Å². The van der Waals surface area contributed by atoms with Crippen LogP contribution in [0, 0.1) is 0 Å². The van der Waals surface area contributed by atoms with Gasteiger partial charge in [-0.05, 0) is 48.2 Å². The number of para-hydroxylation sites is 1. The van der Waals surface area contributed by atoms with Gasteiger partial charge in [-0.3, -0.25) is 9.59 Å². The number of carbonyl (C=O) groups is 2. The van der Waals surface area contributed by atoms with Crippen molar-refractivity contribution in [3.05, 3.63) is 95.6 Å². The molecule has 5 nitrogen and oxygen atoms in total. The molecule has 0 saturated heterocycles. The first-order valence-electron chi connectivity index (χ1n) is 10.4. The van der Waals surface area contributed by atoms with Crippen molar-refractivity contribution in [2.75, 3.05) is 11.9 Å². The van der Waals surface area contributed by atoms with Gasteiger partial charge in [0.25, 0.3) is 11.8 Å². The van der Waals surface area contributed by atoms with Crippen LogP contribution in [0.4, 0.5) is 5.69 Å². The monoisotopic (exact) mass is 416 g/mol. The average molecular weight is 417 g/mol. The van der Waals surface area contributed by atoms with Crippen LogP contribution in [0.1, 0.15) is 54.2 Å². The normalized spacial score (nSPS) is 11.6. The Morgan fingerprint density at radius 2 is 1.45 bits per heavy atom. The molecule has 0 bridgehead atoms. The molecule has 0 spiro atoms. The van der Waals surface area contributed by atoms with Crippen molar-refractivity contribution in [1.82, 2.24) is 5.32 Å². The van der Waals surface area contributed by atoms with Gasteiger partial charge in [0.15, 0.2) is 6.61 Å². The molecule has 31 heavy (non-hydrogen) atoms. The molecule has 2 N–H and O–H groups in total. The first kappa shape index (κ1) is 22.1. The maximum Gasteiger partial charge on any atom is 0.262 e. The summed E-state index contributed by atoms with van der Waals surface area (Å²) in [7, 11) is 0. The highest BCUT2D eigenvalue weighted by molar-refractivity contribution is 6.04. The molecule has 0 aliphatic carbocycles.